The first-order valence-electron chi connectivity index (χ1n) is 6.80. The molecule has 0 bridgehead atoms. The van der Waals surface area contributed by atoms with E-state index in [-0.39, 0.29) is 0 Å². The van der Waals surface area contributed by atoms with Crippen LogP contribution >= 0.6 is 0 Å². The first-order chi connectivity index (χ1) is 8.56. The quantitative estimate of drug-likeness (QED) is 0.875. The highest BCUT2D eigenvalue weighted by Gasteiger charge is 2.20. The summed E-state index contributed by atoms with van der Waals surface area (Å²) in [5, 5.41) is 1.36. The molecule has 0 saturated carbocycles. The third-order valence-electron chi connectivity index (χ3n) is 3.84. The predicted molar refractivity (Wildman–Crippen MR) is 78.9 cm³/mol. The highest BCUT2D eigenvalue weighted by atomic mass is 15.0. The second-order valence-corrected chi connectivity index (χ2v) is 5.65. The lowest BCUT2D eigenvalue weighted by Gasteiger charge is -2.19. The van der Waals surface area contributed by atoms with E-state index < -0.39 is 0 Å². The first-order valence-corrected chi connectivity index (χ1v) is 6.80. The molecule has 18 heavy (non-hydrogen) atoms. The number of hydrogen-bond donors (Lipinski definition) is 1. The fourth-order valence-corrected chi connectivity index (χ4v) is 3.07. The second kappa shape index (κ2) is 5.15. The van der Waals surface area contributed by atoms with E-state index in [1.807, 2.05) is 0 Å². The number of nitrogens with two attached hydrogens (primary N) is 1. The molecule has 0 spiro atoms. The lowest BCUT2D eigenvalue weighted by Crippen LogP contribution is -2.18. The van der Waals surface area contributed by atoms with Crippen molar-refractivity contribution in [3.63, 3.8) is 0 Å². The van der Waals surface area contributed by atoms with Gasteiger partial charge in [0.25, 0.3) is 0 Å². The molecule has 1 aromatic carbocycles. The zero-order chi connectivity index (χ0) is 13.3. The summed E-state index contributed by atoms with van der Waals surface area (Å²) in [6.07, 6.45) is 1.15. The van der Waals surface area contributed by atoms with Crippen LogP contribution in [-0.2, 0) is 7.05 Å². The Morgan fingerprint density at radius 1 is 1.22 bits per heavy atom. The van der Waals surface area contributed by atoms with Crippen molar-refractivity contribution in [3.05, 3.63) is 35.5 Å². The van der Waals surface area contributed by atoms with Crippen LogP contribution in [0.3, 0.4) is 0 Å². The lowest BCUT2D eigenvalue weighted by atomic mass is 9.92. The molecule has 1 atom stereocenters. The summed E-state index contributed by atoms with van der Waals surface area (Å²) in [6, 6.07) is 8.61. The number of aryl methyl sites for hydroxylation is 2. The van der Waals surface area contributed by atoms with Gasteiger partial charge < -0.3 is 10.3 Å². The summed E-state index contributed by atoms with van der Waals surface area (Å²) in [7, 11) is 2.16. The number of para-hydroxylation sites is 1. The van der Waals surface area contributed by atoms with Crippen LogP contribution < -0.4 is 5.73 Å². The number of aromatic nitrogens is 1. The molecule has 0 fully saturated rings. The summed E-state index contributed by atoms with van der Waals surface area (Å²) in [4.78, 5) is 0. The van der Waals surface area contributed by atoms with E-state index in [4.69, 9.17) is 5.73 Å². The van der Waals surface area contributed by atoms with E-state index in [0.717, 1.165) is 13.0 Å². The summed E-state index contributed by atoms with van der Waals surface area (Å²) in [5.41, 5.74) is 10.1. The fraction of sp³-hybridized carbons (Fsp3) is 0.500. The topological polar surface area (TPSA) is 30.9 Å². The van der Waals surface area contributed by atoms with Gasteiger partial charge >= 0.3 is 0 Å². The van der Waals surface area contributed by atoms with Gasteiger partial charge in [0.2, 0.25) is 0 Å². The summed E-state index contributed by atoms with van der Waals surface area (Å²) in [5.74, 6) is 1.14. The second-order valence-electron chi connectivity index (χ2n) is 5.65. The molecule has 0 amide bonds. The number of nitrogens with zero attached hydrogens (tertiary/aromatic N) is 1. The van der Waals surface area contributed by atoms with Crippen LogP contribution in [-0.4, -0.2) is 11.1 Å². The van der Waals surface area contributed by atoms with E-state index in [1.165, 1.54) is 22.2 Å². The highest BCUT2D eigenvalue weighted by Crippen LogP contribution is 2.32. The van der Waals surface area contributed by atoms with E-state index >= 15 is 0 Å². The van der Waals surface area contributed by atoms with Crippen LogP contribution in [0, 0.1) is 12.8 Å². The minimum atomic E-state index is 0.461. The van der Waals surface area contributed by atoms with Crippen molar-refractivity contribution in [3.8, 4) is 0 Å². The van der Waals surface area contributed by atoms with Crippen molar-refractivity contribution in [1.82, 2.24) is 4.57 Å². The number of rotatable bonds is 4. The van der Waals surface area contributed by atoms with Crippen LogP contribution in [0.15, 0.2) is 24.3 Å². The first kappa shape index (κ1) is 13.2. The Labute approximate surface area is 110 Å². The molecular weight excluding hydrogens is 220 g/mol. The zero-order valence-corrected chi connectivity index (χ0v) is 11.9. The molecule has 2 N–H and O–H groups in total. The largest absolute Gasteiger partial charge is 0.347 e. The molecule has 1 heterocycles. The predicted octanol–water partition coefficient (Wildman–Crippen LogP) is 3.58. The van der Waals surface area contributed by atoms with Crippen LogP contribution in [0.1, 0.15) is 37.4 Å². The average Bonchev–Trinajstić information content (AvgIpc) is 2.60. The monoisotopic (exact) mass is 244 g/mol. The van der Waals surface area contributed by atoms with Gasteiger partial charge in [0.1, 0.15) is 0 Å². The molecule has 2 heteroatoms. The lowest BCUT2D eigenvalue weighted by molar-refractivity contribution is 0.487. The van der Waals surface area contributed by atoms with E-state index in [2.05, 4.69) is 56.7 Å². The molecular formula is C16H24N2. The van der Waals surface area contributed by atoms with Crippen molar-refractivity contribution in [2.24, 2.45) is 18.7 Å². The molecule has 1 aromatic heterocycles. The van der Waals surface area contributed by atoms with Gasteiger partial charge in [0.15, 0.2) is 0 Å². The summed E-state index contributed by atoms with van der Waals surface area (Å²) < 4.78 is 2.32. The van der Waals surface area contributed by atoms with Crippen LogP contribution in [0.5, 0.6) is 0 Å². The molecule has 2 rings (SSSR count). The zero-order valence-electron chi connectivity index (χ0n) is 11.9. The van der Waals surface area contributed by atoms with Gasteiger partial charge in [-0.3, -0.25) is 0 Å². The molecule has 0 aliphatic heterocycles. The third-order valence-corrected chi connectivity index (χ3v) is 3.84. The minimum absolute atomic E-state index is 0.461. The Morgan fingerprint density at radius 3 is 2.44 bits per heavy atom. The standard InChI is InChI=1S/C16H24N2/c1-11(2)9-13(10-17)16-12(3)14-7-5-6-8-15(14)18(16)4/h5-8,11,13H,9-10,17H2,1-4H3. The van der Waals surface area contributed by atoms with E-state index in [9.17, 15) is 0 Å². The Morgan fingerprint density at radius 2 is 1.89 bits per heavy atom. The SMILES string of the molecule is Cc1c(C(CN)CC(C)C)n(C)c2ccccc12. The van der Waals surface area contributed by atoms with Crippen molar-refractivity contribution in [2.75, 3.05) is 6.54 Å². The maximum absolute atomic E-state index is 6.00. The Hall–Kier alpha value is -1.28. The van der Waals surface area contributed by atoms with Gasteiger partial charge in [-0.25, -0.2) is 0 Å². The highest BCUT2D eigenvalue weighted by molar-refractivity contribution is 5.85. The van der Waals surface area contributed by atoms with Crippen molar-refractivity contribution < 1.29 is 0 Å². The normalized spacial score (nSPS) is 13.4. The Bertz CT molecular complexity index is 498. The van der Waals surface area contributed by atoms with Crippen LogP contribution in [0.4, 0.5) is 0 Å². The Kier molecular flexibility index (Phi) is 3.76. The smallest absolute Gasteiger partial charge is 0.0482 e. The minimum Gasteiger partial charge on any atom is -0.347 e. The summed E-state index contributed by atoms with van der Waals surface area (Å²) in [6.45, 7) is 7.48. The van der Waals surface area contributed by atoms with Crippen LogP contribution in [0.25, 0.3) is 10.9 Å². The molecule has 98 valence electrons. The van der Waals surface area contributed by atoms with Crippen molar-refractivity contribution in [1.29, 1.82) is 0 Å². The number of benzene rings is 1. The number of hydrogen-bond acceptors (Lipinski definition) is 1. The Balaban J connectivity index is 2.55. The van der Waals surface area contributed by atoms with Gasteiger partial charge in [0, 0.05) is 36.1 Å². The molecule has 2 aromatic rings. The van der Waals surface area contributed by atoms with Gasteiger partial charge in [-0.15, -0.1) is 0 Å². The van der Waals surface area contributed by atoms with E-state index in [1.54, 1.807) is 0 Å². The molecule has 2 nitrogen and oxygen atoms in total. The van der Waals surface area contributed by atoms with Gasteiger partial charge in [0.05, 0.1) is 0 Å². The van der Waals surface area contributed by atoms with Crippen molar-refractivity contribution in [2.45, 2.75) is 33.1 Å². The van der Waals surface area contributed by atoms with Gasteiger partial charge in [-0.2, -0.15) is 0 Å². The molecule has 0 aliphatic rings. The molecule has 0 saturated heterocycles. The van der Waals surface area contributed by atoms with Gasteiger partial charge in [-0.05, 0) is 30.9 Å². The molecule has 0 radical (unpaired) electrons. The molecule has 0 aliphatic carbocycles. The maximum atomic E-state index is 6.00. The van der Waals surface area contributed by atoms with Crippen molar-refractivity contribution >= 4 is 10.9 Å². The maximum Gasteiger partial charge on any atom is 0.0482 e. The number of fused-ring (bicyclic) bond motifs is 1. The van der Waals surface area contributed by atoms with Gasteiger partial charge in [-0.1, -0.05) is 32.0 Å². The third kappa shape index (κ3) is 2.17. The molecule has 1 unspecified atom stereocenters. The van der Waals surface area contributed by atoms with Crippen LogP contribution in [0.2, 0.25) is 0 Å². The summed E-state index contributed by atoms with van der Waals surface area (Å²) >= 11 is 0. The average molecular weight is 244 g/mol. The van der Waals surface area contributed by atoms with E-state index in [0.29, 0.717) is 11.8 Å². The fourth-order valence-electron chi connectivity index (χ4n) is 3.07.